The highest BCUT2D eigenvalue weighted by molar-refractivity contribution is 7.89. The molecule has 2 aromatic carbocycles. The van der Waals surface area contributed by atoms with Crippen molar-refractivity contribution in [1.82, 2.24) is 4.31 Å². The highest BCUT2D eigenvalue weighted by Crippen LogP contribution is 2.28. The number of hydrogen-bond donors (Lipinski definition) is 1. The summed E-state index contributed by atoms with van der Waals surface area (Å²) in [5.41, 5.74) is 1.27. The van der Waals surface area contributed by atoms with Gasteiger partial charge in [-0.25, -0.2) is 17.1 Å². The van der Waals surface area contributed by atoms with Gasteiger partial charge < -0.3 is 10.1 Å². The van der Waals surface area contributed by atoms with Crippen molar-refractivity contribution >= 4 is 15.7 Å². The molecule has 124 valence electrons. The second-order valence-corrected chi connectivity index (χ2v) is 7.28. The van der Waals surface area contributed by atoms with Crippen LogP contribution < -0.4 is 10.1 Å². The van der Waals surface area contributed by atoms with Crippen LogP contribution in [0.5, 0.6) is 5.75 Å². The fourth-order valence-corrected chi connectivity index (χ4v) is 2.97. The third-order valence-electron chi connectivity index (χ3n) is 3.32. The molecule has 1 N–H and O–H groups in total. The SMILES string of the molecule is COc1ccc(S(=O)(=O)N(C)C)cc1NCc1cccc(F)c1. The summed E-state index contributed by atoms with van der Waals surface area (Å²) in [4.78, 5) is 0.157. The van der Waals surface area contributed by atoms with Gasteiger partial charge in [0.05, 0.1) is 17.7 Å². The van der Waals surface area contributed by atoms with Crippen LogP contribution in [0.25, 0.3) is 0 Å². The van der Waals surface area contributed by atoms with Crippen molar-refractivity contribution < 1.29 is 17.5 Å². The number of anilines is 1. The molecule has 0 heterocycles. The Bertz CT molecular complexity index is 792. The van der Waals surface area contributed by atoms with Gasteiger partial charge in [0.2, 0.25) is 10.0 Å². The maximum atomic E-state index is 13.2. The van der Waals surface area contributed by atoms with E-state index in [0.717, 1.165) is 9.87 Å². The first-order valence-corrected chi connectivity index (χ1v) is 8.37. The average Bonchev–Trinajstić information content (AvgIpc) is 2.52. The number of ether oxygens (including phenoxy) is 1. The maximum absolute atomic E-state index is 13.2. The van der Waals surface area contributed by atoms with E-state index in [2.05, 4.69) is 5.32 Å². The molecule has 0 aliphatic carbocycles. The molecule has 0 radical (unpaired) electrons. The number of methoxy groups -OCH3 is 1. The maximum Gasteiger partial charge on any atom is 0.242 e. The van der Waals surface area contributed by atoms with Crippen LogP contribution in [-0.2, 0) is 16.6 Å². The van der Waals surface area contributed by atoms with Crippen LogP contribution in [-0.4, -0.2) is 33.9 Å². The molecule has 0 atom stereocenters. The minimum absolute atomic E-state index is 0.157. The van der Waals surface area contributed by atoms with Gasteiger partial charge in [-0.2, -0.15) is 0 Å². The first-order valence-electron chi connectivity index (χ1n) is 6.93. The zero-order valence-electron chi connectivity index (χ0n) is 13.2. The molecule has 2 aromatic rings. The van der Waals surface area contributed by atoms with Crippen LogP contribution in [0.4, 0.5) is 10.1 Å². The monoisotopic (exact) mass is 338 g/mol. The summed E-state index contributed by atoms with van der Waals surface area (Å²) in [6.45, 7) is 0.347. The standard InChI is InChI=1S/C16H19FN2O3S/c1-19(2)23(20,21)14-7-8-16(22-3)15(10-14)18-11-12-5-4-6-13(17)9-12/h4-10,18H,11H2,1-3H3. The Kier molecular flexibility index (Phi) is 5.23. The van der Waals surface area contributed by atoms with Crippen LogP contribution >= 0.6 is 0 Å². The summed E-state index contributed by atoms with van der Waals surface area (Å²) in [5, 5.41) is 3.08. The topological polar surface area (TPSA) is 58.6 Å². The zero-order valence-corrected chi connectivity index (χ0v) is 14.0. The number of sulfonamides is 1. The molecule has 0 aromatic heterocycles. The third-order valence-corrected chi connectivity index (χ3v) is 5.13. The van der Waals surface area contributed by atoms with Crippen molar-refractivity contribution in [3.8, 4) is 5.75 Å². The lowest BCUT2D eigenvalue weighted by Gasteiger charge is -2.15. The molecule has 0 aliphatic rings. The van der Waals surface area contributed by atoms with Gasteiger partial charge in [0.15, 0.2) is 0 Å². The van der Waals surface area contributed by atoms with Gasteiger partial charge in [-0.1, -0.05) is 12.1 Å². The van der Waals surface area contributed by atoms with Gasteiger partial charge in [0.25, 0.3) is 0 Å². The lowest BCUT2D eigenvalue weighted by atomic mass is 10.2. The number of nitrogens with zero attached hydrogens (tertiary/aromatic N) is 1. The number of benzene rings is 2. The molecule has 0 saturated heterocycles. The largest absolute Gasteiger partial charge is 0.495 e. The van der Waals surface area contributed by atoms with E-state index in [-0.39, 0.29) is 10.7 Å². The normalized spacial score (nSPS) is 11.5. The predicted molar refractivity (Wildman–Crippen MR) is 87.6 cm³/mol. The van der Waals surface area contributed by atoms with Gasteiger partial charge >= 0.3 is 0 Å². The molecule has 0 saturated carbocycles. The van der Waals surface area contributed by atoms with Crippen LogP contribution in [0.1, 0.15) is 5.56 Å². The van der Waals surface area contributed by atoms with Gasteiger partial charge in [-0.15, -0.1) is 0 Å². The van der Waals surface area contributed by atoms with Crippen LogP contribution in [0.15, 0.2) is 47.4 Å². The second-order valence-electron chi connectivity index (χ2n) is 5.13. The lowest BCUT2D eigenvalue weighted by molar-refractivity contribution is 0.416. The number of hydrogen-bond acceptors (Lipinski definition) is 4. The molecule has 2 rings (SSSR count). The van der Waals surface area contributed by atoms with E-state index in [1.807, 2.05) is 0 Å². The molecular formula is C16H19FN2O3S. The number of nitrogens with one attached hydrogen (secondary N) is 1. The van der Waals surface area contributed by atoms with E-state index in [9.17, 15) is 12.8 Å². The number of halogens is 1. The average molecular weight is 338 g/mol. The van der Waals surface area contributed by atoms with E-state index in [0.29, 0.717) is 18.0 Å². The molecule has 23 heavy (non-hydrogen) atoms. The Morgan fingerprint density at radius 3 is 2.52 bits per heavy atom. The summed E-state index contributed by atoms with van der Waals surface area (Å²) in [5.74, 6) is 0.194. The molecule has 0 aliphatic heterocycles. The van der Waals surface area contributed by atoms with Crippen molar-refractivity contribution in [3.05, 3.63) is 53.8 Å². The molecule has 0 bridgehead atoms. The Hall–Kier alpha value is -2.12. The van der Waals surface area contributed by atoms with Crippen molar-refractivity contribution in [2.45, 2.75) is 11.4 Å². The highest BCUT2D eigenvalue weighted by atomic mass is 32.2. The van der Waals surface area contributed by atoms with Gasteiger partial charge in [0.1, 0.15) is 11.6 Å². The zero-order chi connectivity index (χ0) is 17.0. The minimum atomic E-state index is -3.54. The van der Waals surface area contributed by atoms with Crippen molar-refractivity contribution in [3.63, 3.8) is 0 Å². The summed E-state index contributed by atoms with van der Waals surface area (Å²) in [7, 11) is 0.910. The van der Waals surface area contributed by atoms with Crippen LogP contribution in [0.3, 0.4) is 0 Å². The van der Waals surface area contributed by atoms with Gasteiger partial charge in [0, 0.05) is 20.6 Å². The molecule has 0 spiro atoms. The number of rotatable bonds is 6. The van der Waals surface area contributed by atoms with E-state index < -0.39 is 10.0 Å². The highest BCUT2D eigenvalue weighted by Gasteiger charge is 2.19. The Morgan fingerprint density at radius 2 is 1.91 bits per heavy atom. The molecular weight excluding hydrogens is 319 g/mol. The second kappa shape index (κ2) is 6.97. The van der Waals surface area contributed by atoms with Crippen molar-refractivity contribution in [1.29, 1.82) is 0 Å². The first-order chi connectivity index (χ1) is 10.8. The van der Waals surface area contributed by atoms with E-state index in [1.54, 1.807) is 18.2 Å². The van der Waals surface area contributed by atoms with Crippen LogP contribution in [0.2, 0.25) is 0 Å². The summed E-state index contributed by atoms with van der Waals surface area (Å²) >= 11 is 0. The minimum Gasteiger partial charge on any atom is -0.495 e. The third kappa shape index (κ3) is 4.00. The Morgan fingerprint density at radius 1 is 1.17 bits per heavy atom. The van der Waals surface area contributed by atoms with E-state index in [1.165, 1.54) is 45.5 Å². The fraction of sp³-hybridized carbons (Fsp3) is 0.250. The molecule has 0 unspecified atom stereocenters. The summed E-state index contributed by atoms with van der Waals surface area (Å²) in [6, 6.07) is 10.8. The Labute approximate surface area is 135 Å². The molecule has 5 nitrogen and oxygen atoms in total. The first kappa shape index (κ1) is 17.2. The quantitative estimate of drug-likeness (QED) is 0.880. The molecule has 0 fully saturated rings. The smallest absolute Gasteiger partial charge is 0.242 e. The van der Waals surface area contributed by atoms with Gasteiger partial charge in [-0.05, 0) is 35.9 Å². The van der Waals surface area contributed by atoms with E-state index >= 15 is 0 Å². The fourth-order valence-electron chi connectivity index (χ4n) is 2.04. The van der Waals surface area contributed by atoms with Gasteiger partial charge in [-0.3, -0.25) is 0 Å². The van der Waals surface area contributed by atoms with E-state index in [4.69, 9.17) is 4.74 Å². The Balaban J connectivity index is 2.29. The van der Waals surface area contributed by atoms with Crippen molar-refractivity contribution in [2.24, 2.45) is 0 Å². The lowest BCUT2D eigenvalue weighted by Crippen LogP contribution is -2.22. The predicted octanol–water partition coefficient (Wildman–Crippen LogP) is 2.70. The molecule has 7 heteroatoms. The summed E-state index contributed by atoms with van der Waals surface area (Å²) < 4.78 is 44.0. The summed E-state index contributed by atoms with van der Waals surface area (Å²) in [6.07, 6.45) is 0. The molecule has 0 amide bonds. The van der Waals surface area contributed by atoms with Crippen LogP contribution in [0, 0.1) is 5.82 Å². The van der Waals surface area contributed by atoms with Crippen molar-refractivity contribution in [2.75, 3.05) is 26.5 Å².